The Balaban J connectivity index is 2.75. The van der Waals surface area contributed by atoms with Crippen LogP contribution in [-0.2, 0) is 4.84 Å². The maximum absolute atomic E-state index is 8.84. The Hall–Kier alpha value is -1.26. The highest BCUT2D eigenvalue weighted by Gasteiger charge is 2.05. The summed E-state index contributed by atoms with van der Waals surface area (Å²) in [5.41, 5.74) is 7.19. The number of rotatable bonds is 5. The largest absolute Gasteiger partial charge is 0.399 e. The monoisotopic (exact) mass is 196 g/mol. The first-order valence-corrected chi connectivity index (χ1v) is 4.64. The van der Waals surface area contributed by atoms with Gasteiger partial charge >= 0.3 is 0 Å². The molecule has 4 nitrogen and oxygen atoms in total. The van der Waals surface area contributed by atoms with Gasteiger partial charge in [-0.05, 0) is 25.1 Å². The molecule has 1 aromatic carbocycles. The summed E-state index contributed by atoms with van der Waals surface area (Å²) in [6.45, 7) is 2.96. The van der Waals surface area contributed by atoms with Crippen LogP contribution < -0.4 is 10.8 Å². The van der Waals surface area contributed by atoms with Crippen molar-refractivity contribution >= 4 is 11.4 Å². The average Bonchev–Trinajstić information content (AvgIpc) is 2.17. The summed E-state index contributed by atoms with van der Waals surface area (Å²) in [6, 6.07) is 7.37. The van der Waals surface area contributed by atoms with Crippen LogP contribution in [0, 0.1) is 0 Å². The van der Waals surface area contributed by atoms with Crippen molar-refractivity contribution < 1.29 is 9.94 Å². The molecule has 0 aromatic heterocycles. The summed E-state index contributed by atoms with van der Waals surface area (Å²) in [6.07, 6.45) is 0. The van der Waals surface area contributed by atoms with E-state index in [1.54, 1.807) is 5.06 Å². The minimum atomic E-state index is 0.0504. The van der Waals surface area contributed by atoms with Crippen molar-refractivity contribution in [3.8, 4) is 0 Å². The van der Waals surface area contributed by atoms with Gasteiger partial charge in [0.05, 0.1) is 25.4 Å². The molecule has 0 amide bonds. The number of hydrogen-bond acceptors (Lipinski definition) is 4. The van der Waals surface area contributed by atoms with Gasteiger partial charge in [0.2, 0.25) is 0 Å². The number of hydrogen-bond donors (Lipinski definition) is 2. The fraction of sp³-hybridized carbons (Fsp3) is 0.400. The number of nitrogen functional groups attached to an aromatic ring is 1. The van der Waals surface area contributed by atoms with E-state index in [0.717, 1.165) is 5.69 Å². The molecule has 0 radical (unpaired) electrons. The highest BCUT2D eigenvalue weighted by atomic mass is 16.7. The van der Waals surface area contributed by atoms with Crippen molar-refractivity contribution in [1.82, 2.24) is 0 Å². The van der Waals surface area contributed by atoms with Crippen molar-refractivity contribution in [3.05, 3.63) is 24.3 Å². The lowest BCUT2D eigenvalue weighted by atomic mass is 10.3. The van der Waals surface area contributed by atoms with E-state index >= 15 is 0 Å². The molecule has 0 aliphatic heterocycles. The van der Waals surface area contributed by atoms with Gasteiger partial charge < -0.3 is 10.8 Å². The molecular formula is C10H16N2O2. The van der Waals surface area contributed by atoms with Gasteiger partial charge in [-0.2, -0.15) is 0 Å². The minimum Gasteiger partial charge on any atom is -0.399 e. The first-order chi connectivity index (χ1) is 6.77. The molecule has 0 atom stereocenters. The summed E-state index contributed by atoms with van der Waals surface area (Å²) in [5, 5.41) is 10.5. The smallest absolute Gasteiger partial charge is 0.0720 e. The molecule has 3 N–H and O–H groups in total. The van der Waals surface area contributed by atoms with E-state index in [1.165, 1.54) is 0 Å². The molecular weight excluding hydrogens is 180 g/mol. The molecule has 0 aliphatic rings. The van der Waals surface area contributed by atoms with Crippen LogP contribution >= 0.6 is 0 Å². The zero-order valence-corrected chi connectivity index (χ0v) is 8.31. The lowest BCUT2D eigenvalue weighted by molar-refractivity contribution is 0.107. The highest BCUT2D eigenvalue weighted by molar-refractivity contribution is 5.54. The molecule has 0 saturated heterocycles. The topological polar surface area (TPSA) is 58.7 Å². The van der Waals surface area contributed by atoms with Crippen LogP contribution in [0.15, 0.2) is 24.3 Å². The van der Waals surface area contributed by atoms with Crippen LogP contribution in [-0.4, -0.2) is 24.9 Å². The molecule has 0 aliphatic carbocycles. The predicted octanol–water partition coefficient (Wildman–Crippen LogP) is 1.02. The average molecular weight is 196 g/mol. The van der Waals surface area contributed by atoms with Crippen molar-refractivity contribution in [2.45, 2.75) is 6.92 Å². The summed E-state index contributed by atoms with van der Waals surface area (Å²) in [4.78, 5) is 5.34. The first-order valence-electron chi connectivity index (χ1n) is 4.64. The maximum atomic E-state index is 8.84. The summed E-state index contributed by atoms with van der Waals surface area (Å²) in [5.74, 6) is 0. The molecule has 14 heavy (non-hydrogen) atoms. The highest BCUT2D eigenvalue weighted by Crippen LogP contribution is 2.17. The standard InChI is InChI=1S/C10H16N2O2/c1-2-14-12(6-7-13)10-5-3-4-9(11)8-10/h3-5,8,13H,2,6-7,11H2,1H3. The molecule has 0 bridgehead atoms. The third-order valence-corrected chi connectivity index (χ3v) is 1.75. The predicted molar refractivity (Wildman–Crippen MR) is 56.9 cm³/mol. The Kier molecular flexibility index (Phi) is 4.22. The fourth-order valence-corrected chi connectivity index (χ4v) is 1.19. The number of aliphatic hydroxyl groups excluding tert-OH is 1. The zero-order valence-electron chi connectivity index (χ0n) is 8.31. The third kappa shape index (κ3) is 2.90. The van der Waals surface area contributed by atoms with Crippen molar-refractivity contribution in [3.63, 3.8) is 0 Å². The van der Waals surface area contributed by atoms with Gasteiger partial charge in [0.25, 0.3) is 0 Å². The number of nitrogens with two attached hydrogens (primary N) is 1. The summed E-state index contributed by atoms with van der Waals surface area (Å²) in [7, 11) is 0. The zero-order chi connectivity index (χ0) is 10.4. The summed E-state index contributed by atoms with van der Waals surface area (Å²) < 4.78 is 0. The second kappa shape index (κ2) is 5.47. The SMILES string of the molecule is CCON(CCO)c1cccc(N)c1. The van der Waals surface area contributed by atoms with Crippen molar-refractivity contribution in [1.29, 1.82) is 0 Å². The van der Waals surface area contributed by atoms with Crippen LogP contribution in [0.25, 0.3) is 0 Å². The number of anilines is 2. The number of hydroxylamine groups is 1. The van der Waals surface area contributed by atoms with Gasteiger partial charge in [0.1, 0.15) is 0 Å². The fourth-order valence-electron chi connectivity index (χ4n) is 1.19. The van der Waals surface area contributed by atoms with Gasteiger partial charge in [-0.1, -0.05) is 6.07 Å². The van der Waals surface area contributed by atoms with Crippen LogP contribution in [0.3, 0.4) is 0 Å². The number of aliphatic hydroxyl groups is 1. The van der Waals surface area contributed by atoms with Crippen LogP contribution in [0.2, 0.25) is 0 Å². The number of benzene rings is 1. The van der Waals surface area contributed by atoms with E-state index in [0.29, 0.717) is 18.8 Å². The molecule has 0 heterocycles. The minimum absolute atomic E-state index is 0.0504. The van der Waals surface area contributed by atoms with Crippen LogP contribution in [0.4, 0.5) is 11.4 Å². The second-order valence-electron chi connectivity index (χ2n) is 2.84. The molecule has 0 fully saturated rings. The normalized spacial score (nSPS) is 10.1. The van der Waals surface area contributed by atoms with E-state index < -0.39 is 0 Å². The van der Waals surface area contributed by atoms with Crippen molar-refractivity contribution in [2.24, 2.45) is 0 Å². The molecule has 0 unspecified atom stereocenters. The first kappa shape index (κ1) is 10.8. The molecule has 0 spiro atoms. The van der Waals surface area contributed by atoms with E-state index in [9.17, 15) is 0 Å². The number of nitrogens with zero attached hydrogens (tertiary/aromatic N) is 1. The molecule has 1 aromatic rings. The van der Waals surface area contributed by atoms with E-state index in [2.05, 4.69) is 0 Å². The molecule has 1 rings (SSSR count). The Morgan fingerprint density at radius 3 is 2.86 bits per heavy atom. The van der Waals surface area contributed by atoms with Gasteiger partial charge in [0, 0.05) is 5.69 Å². The third-order valence-electron chi connectivity index (χ3n) is 1.75. The van der Waals surface area contributed by atoms with Crippen LogP contribution in [0.1, 0.15) is 6.92 Å². The van der Waals surface area contributed by atoms with E-state index in [1.807, 2.05) is 31.2 Å². The van der Waals surface area contributed by atoms with Gasteiger partial charge in [0.15, 0.2) is 0 Å². The molecule has 0 saturated carbocycles. The maximum Gasteiger partial charge on any atom is 0.0720 e. The Bertz CT molecular complexity index is 273. The van der Waals surface area contributed by atoms with Crippen molar-refractivity contribution in [2.75, 3.05) is 30.6 Å². The lowest BCUT2D eigenvalue weighted by Gasteiger charge is -2.22. The molecule has 4 heteroatoms. The van der Waals surface area contributed by atoms with Crippen LogP contribution in [0.5, 0.6) is 0 Å². The second-order valence-corrected chi connectivity index (χ2v) is 2.84. The Morgan fingerprint density at radius 1 is 1.50 bits per heavy atom. The summed E-state index contributed by atoms with van der Waals surface area (Å²) >= 11 is 0. The van der Waals surface area contributed by atoms with Gasteiger partial charge in [-0.15, -0.1) is 0 Å². The quantitative estimate of drug-likeness (QED) is 0.545. The lowest BCUT2D eigenvalue weighted by Crippen LogP contribution is -2.26. The van der Waals surface area contributed by atoms with Gasteiger partial charge in [-0.3, -0.25) is 9.90 Å². The van der Waals surface area contributed by atoms with Gasteiger partial charge in [-0.25, -0.2) is 0 Å². The van der Waals surface area contributed by atoms with E-state index in [4.69, 9.17) is 15.7 Å². The van der Waals surface area contributed by atoms with E-state index in [-0.39, 0.29) is 6.61 Å². The molecule has 78 valence electrons. The Labute approximate surface area is 83.9 Å². The Morgan fingerprint density at radius 2 is 2.29 bits per heavy atom.